The van der Waals surface area contributed by atoms with E-state index in [0.717, 1.165) is 0 Å². The van der Waals surface area contributed by atoms with E-state index in [-0.39, 0.29) is 46.8 Å². The Kier molecular flexibility index (Phi) is 11.7. The van der Waals surface area contributed by atoms with E-state index in [2.05, 4.69) is 35.3 Å². The van der Waals surface area contributed by atoms with Crippen LogP contribution in [0.2, 0.25) is 0 Å². The number of nitroso groups, excluding NO2 is 2. The fourth-order valence-electron chi connectivity index (χ4n) is 3.87. The van der Waals surface area contributed by atoms with Gasteiger partial charge in [-0.15, -0.1) is 15.3 Å². The van der Waals surface area contributed by atoms with E-state index < -0.39 is 34.4 Å². The molecule has 0 bridgehead atoms. The third-order valence-corrected chi connectivity index (χ3v) is 7.74. The average Bonchev–Trinajstić information content (AvgIpc) is 3.05. The molecule has 0 aliphatic rings. The van der Waals surface area contributed by atoms with Crippen LogP contribution < -0.4 is 26.4 Å². The van der Waals surface area contributed by atoms with Gasteiger partial charge >= 0.3 is 18.1 Å². The molecule has 0 amide bonds. The van der Waals surface area contributed by atoms with Crippen LogP contribution in [-0.4, -0.2) is 26.7 Å². The molecule has 0 spiro atoms. The summed E-state index contributed by atoms with van der Waals surface area (Å²) < 4.78 is 52.6. The number of benzene rings is 4. The molecule has 0 aliphatic heterocycles. The quantitative estimate of drug-likeness (QED) is 0.0404. The normalized spacial score (nSPS) is 11.8. The van der Waals surface area contributed by atoms with Gasteiger partial charge in [0.2, 0.25) is 10.3 Å². The number of nitrogen functional groups attached to an aromatic ring is 1. The molecule has 0 aromatic heterocycles. The summed E-state index contributed by atoms with van der Waals surface area (Å²) in [5.41, 5.74) is 10.9. The Morgan fingerprint density at radius 1 is 0.889 bits per heavy atom. The standard InChI is InChI=1S/C26H24N7O8PS.HNO/c1-3-39-22-14-21(23(40-4-2)13-20(22)30-29-17-6-5-7-18(12-17)42(36)33-35)31-32-25-24(43(37,38)41-28)10-15-8-9-16(27)11-19(15)26(25)34;1-2/h5-14H,3-4,28H2,1-2H3,(H2-,27,29,30,31,32,33,34,35,36);1H/p+1. The molecule has 45 heavy (non-hydrogen) atoms. The SMILES string of the molecule is CCOc1cc(N=Nc2c(S(=O)(=O)ON)cc3ccc(N)cc3c2O)c(OCC)cc1N=Nc1cccc([P+](=O)N=O)c1.N=O. The number of azo groups is 2. The molecule has 234 valence electrons. The number of rotatable bonds is 12. The summed E-state index contributed by atoms with van der Waals surface area (Å²) in [6.45, 7) is 3.92. The molecular weight excluding hydrogens is 631 g/mol. The number of fused-ring (bicyclic) bond motifs is 1. The van der Waals surface area contributed by atoms with Crippen LogP contribution in [0.4, 0.5) is 28.4 Å². The highest BCUT2D eigenvalue weighted by atomic mass is 32.2. The van der Waals surface area contributed by atoms with Gasteiger partial charge in [-0.2, -0.15) is 28.6 Å². The van der Waals surface area contributed by atoms with Crippen LogP contribution in [0.1, 0.15) is 13.8 Å². The van der Waals surface area contributed by atoms with Crippen LogP contribution in [0, 0.1) is 15.4 Å². The third-order valence-electron chi connectivity index (χ3n) is 5.77. The first-order valence-corrected chi connectivity index (χ1v) is 15.3. The highest BCUT2D eigenvalue weighted by Crippen LogP contribution is 2.45. The number of nitrogens with zero attached hydrogens (tertiary/aromatic N) is 5. The van der Waals surface area contributed by atoms with Crippen LogP contribution in [0.3, 0.4) is 0 Å². The average molecular weight is 658 g/mol. The molecule has 0 saturated carbocycles. The predicted octanol–water partition coefficient (Wildman–Crippen LogP) is 6.80. The van der Waals surface area contributed by atoms with Gasteiger partial charge in [-0.05, 0) is 54.1 Å². The molecule has 0 radical (unpaired) electrons. The Bertz CT molecular complexity index is 1910. The van der Waals surface area contributed by atoms with Gasteiger partial charge < -0.3 is 20.3 Å². The van der Waals surface area contributed by atoms with E-state index in [1.54, 1.807) is 26.0 Å². The zero-order valence-corrected chi connectivity index (χ0v) is 25.4. The summed E-state index contributed by atoms with van der Waals surface area (Å²) >= 11 is 0. The van der Waals surface area contributed by atoms with Crippen molar-refractivity contribution in [2.75, 3.05) is 18.9 Å². The van der Waals surface area contributed by atoms with Crippen molar-refractivity contribution in [1.29, 1.82) is 5.59 Å². The van der Waals surface area contributed by atoms with Gasteiger partial charge in [-0.3, -0.25) is 0 Å². The lowest BCUT2D eigenvalue weighted by atomic mass is 10.1. The van der Waals surface area contributed by atoms with Gasteiger partial charge in [0.05, 0.1) is 18.9 Å². The van der Waals surface area contributed by atoms with E-state index >= 15 is 0 Å². The molecule has 4 rings (SSSR count). The van der Waals surface area contributed by atoms with Crippen LogP contribution >= 0.6 is 7.95 Å². The summed E-state index contributed by atoms with van der Waals surface area (Å²) in [6, 6.07) is 14.7. The van der Waals surface area contributed by atoms with Crippen molar-refractivity contribution < 1.29 is 31.8 Å². The number of hydrogen-bond donors (Lipinski definition) is 4. The second kappa shape index (κ2) is 15.4. The van der Waals surface area contributed by atoms with Crippen LogP contribution in [0.25, 0.3) is 10.8 Å². The molecule has 1 atom stereocenters. The zero-order valence-electron chi connectivity index (χ0n) is 23.6. The topological polar surface area (TPSA) is 271 Å². The van der Waals surface area contributed by atoms with E-state index in [1.165, 1.54) is 48.5 Å². The minimum Gasteiger partial charge on any atom is -0.505 e. The smallest absolute Gasteiger partial charge is 0.505 e. The Balaban J connectivity index is 0.00000271. The van der Waals surface area contributed by atoms with Crippen molar-refractivity contribution in [3.63, 3.8) is 0 Å². The summed E-state index contributed by atoms with van der Waals surface area (Å²) in [5.74, 6) is 4.89. The molecule has 4 aromatic carbocycles. The summed E-state index contributed by atoms with van der Waals surface area (Å²) in [7, 11) is -6.99. The van der Waals surface area contributed by atoms with Crippen LogP contribution in [-0.2, 0) is 19.0 Å². The van der Waals surface area contributed by atoms with Crippen LogP contribution in [0.5, 0.6) is 17.2 Å². The van der Waals surface area contributed by atoms with Crippen molar-refractivity contribution in [3.8, 4) is 17.2 Å². The lowest BCUT2D eigenvalue weighted by Gasteiger charge is -2.13. The first kappa shape index (κ1) is 34.2. The van der Waals surface area contributed by atoms with Crippen molar-refractivity contribution in [3.05, 3.63) is 70.5 Å². The summed E-state index contributed by atoms with van der Waals surface area (Å²) in [5, 5.41) is 28.3. The van der Waals surface area contributed by atoms with E-state index in [1.807, 2.05) is 0 Å². The fourth-order valence-corrected chi connectivity index (χ4v) is 5.17. The number of phenolic OH excluding ortho intramolecular Hbond substituents is 1. The lowest BCUT2D eigenvalue weighted by molar-refractivity contribution is 0.332. The molecule has 4 aromatic rings. The van der Waals surface area contributed by atoms with Gasteiger partial charge in [-0.1, -0.05) is 22.6 Å². The number of hydrogen-bond acceptors (Lipinski definition) is 16. The molecule has 6 N–H and O–H groups in total. The molecular formula is C26H26N8O9PS+. The lowest BCUT2D eigenvalue weighted by Crippen LogP contribution is -2.11. The fraction of sp³-hybridized carbons (Fsp3) is 0.154. The summed E-state index contributed by atoms with van der Waals surface area (Å²) in [6.07, 6.45) is 0. The van der Waals surface area contributed by atoms with Gasteiger partial charge in [0.15, 0.2) is 5.75 Å². The predicted molar refractivity (Wildman–Crippen MR) is 165 cm³/mol. The Labute approximate surface area is 256 Å². The minimum atomic E-state index is -4.54. The highest BCUT2D eigenvalue weighted by molar-refractivity contribution is 7.86. The molecule has 19 heteroatoms. The van der Waals surface area contributed by atoms with Crippen molar-refractivity contribution in [1.82, 2.24) is 0 Å². The van der Waals surface area contributed by atoms with Crippen molar-refractivity contribution in [2.45, 2.75) is 18.7 Å². The maximum absolute atomic E-state index is 12.6. The number of aromatic hydroxyl groups is 1. The van der Waals surface area contributed by atoms with E-state index in [4.69, 9.17) is 26.0 Å². The molecule has 1 unspecified atom stereocenters. The van der Waals surface area contributed by atoms with Crippen molar-refractivity contribution in [2.24, 2.45) is 31.3 Å². The number of nitrogens with two attached hydrogens (primary N) is 2. The second-order valence-corrected chi connectivity index (χ2v) is 11.3. The molecule has 0 saturated heterocycles. The highest BCUT2D eigenvalue weighted by Gasteiger charge is 2.25. The number of nitrogens with one attached hydrogen (secondary N) is 1. The monoisotopic (exact) mass is 657 g/mol. The summed E-state index contributed by atoms with van der Waals surface area (Å²) in [4.78, 5) is 20.2. The minimum absolute atomic E-state index is 0.101. The molecule has 17 nitrogen and oxygen atoms in total. The number of ether oxygens (including phenoxy) is 2. The maximum Gasteiger partial charge on any atom is 0.565 e. The zero-order chi connectivity index (χ0) is 33.1. The maximum atomic E-state index is 12.6. The number of phenols is 1. The Morgan fingerprint density at radius 3 is 2.09 bits per heavy atom. The van der Waals surface area contributed by atoms with Gasteiger partial charge in [-0.25, -0.2) is 0 Å². The second-order valence-electron chi connectivity index (χ2n) is 8.53. The van der Waals surface area contributed by atoms with Crippen molar-refractivity contribution >= 4 is 62.6 Å². The molecule has 0 fully saturated rings. The van der Waals surface area contributed by atoms with E-state index in [9.17, 15) is 23.0 Å². The Hall–Kier alpha value is -5.29. The Morgan fingerprint density at radius 2 is 1.51 bits per heavy atom. The van der Waals surface area contributed by atoms with Gasteiger partial charge in [0.1, 0.15) is 33.5 Å². The third kappa shape index (κ3) is 8.01. The first-order chi connectivity index (χ1) is 21.6. The molecule has 0 heterocycles. The first-order valence-electron chi connectivity index (χ1n) is 12.7. The van der Waals surface area contributed by atoms with Gasteiger partial charge in [0.25, 0.3) is 0 Å². The molecule has 0 aliphatic carbocycles. The van der Waals surface area contributed by atoms with Crippen LogP contribution in [0.15, 0.2) is 91.0 Å². The van der Waals surface area contributed by atoms with E-state index in [0.29, 0.717) is 16.8 Å². The van der Waals surface area contributed by atoms with Gasteiger partial charge in [0, 0.05) is 29.3 Å². The number of anilines is 1. The largest absolute Gasteiger partial charge is 0.565 e.